The molecule has 2 aromatic rings. The van der Waals surface area contributed by atoms with Gasteiger partial charge in [0.2, 0.25) is 0 Å². The first-order valence-corrected chi connectivity index (χ1v) is 7.43. The Morgan fingerprint density at radius 1 is 1.04 bits per heavy atom. The number of rotatable bonds is 1. The van der Waals surface area contributed by atoms with Gasteiger partial charge < -0.3 is 10.6 Å². The molecule has 1 atom stereocenters. The number of halogens is 2. The Labute approximate surface area is 145 Å². The van der Waals surface area contributed by atoms with Crippen molar-refractivity contribution >= 4 is 35.1 Å². The van der Waals surface area contributed by atoms with Crippen LogP contribution in [0.1, 0.15) is 28.3 Å². The van der Waals surface area contributed by atoms with E-state index in [4.69, 9.17) is 0 Å². The Hall–Kier alpha value is -2.14. The standard InChI is InChI=1S/C18H16FN3.BrH/c19-15-7-3-5-13-9-8-12-4-1-2-6-14(12)17(16(13)15)22-18-20-10-11-21-18;/h1-9,17H,10-11H2,(H2,20,21,22);1H. The largest absolute Gasteiger partial charge is 0.355 e. The summed E-state index contributed by atoms with van der Waals surface area (Å²) in [6.07, 6.45) is 4.02. The van der Waals surface area contributed by atoms with Gasteiger partial charge in [-0.05, 0) is 22.8 Å². The molecule has 1 aliphatic carbocycles. The molecule has 0 bridgehead atoms. The van der Waals surface area contributed by atoms with E-state index in [1.165, 1.54) is 6.07 Å². The SMILES string of the molecule is Br.Fc1cccc2c1C(NC1=NCCN1)c1ccccc1C=C2. The summed E-state index contributed by atoms with van der Waals surface area (Å²) >= 11 is 0. The lowest BCUT2D eigenvalue weighted by Gasteiger charge is -2.23. The lowest BCUT2D eigenvalue weighted by molar-refractivity contribution is 0.586. The number of guanidine groups is 1. The van der Waals surface area contributed by atoms with Crippen molar-refractivity contribution < 1.29 is 4.39 Å². The van der Waals surface area contributed by atoms with Crippen LogP contribution in [0, 0.1) is 5.82 Å². The van der Waals surface area contributed by atoms with Gasteiger partial charge in [0.15, 0.2) is 5.96 Å². The minimum absolute atomic E-state index is 0. The fraction of sp³-hybridized carbons (Fsp3) is 0.167. The first-order chi connectivity index (χ1) is 10.8. The van der Waals surface area contributed by atoms with Crippen LogP contribution < -0.4 is 10.6 Å². The molecule has 3 nitrogen and oxygen atoms in total. The Balaban J connectivity index is 0.00000156. The molecule has 0 radical (unpaired) electrons. The number of aliphatic imine (C=N–C) groups is 1. The summed E-state index contributed by atoms with van der Waals surface area (Å²) in [4.78, 5) is 4.39. The van der Waals surface area contributed by atoms with Gasteiger partial charge in [0.25, 0.3) is 0 Å². The highest BCUT2D eigenvalue weighted by Crippen LogP contribution is 2.34. The van der Waals surface area contributed by atoms with Crippen LogP contribution in [0.5, 0.6) is 0 Å². The smallest absolute Gasteiger partial charge is 0.192 e. The second-order valence-electron chi connectivity index (χ2n) is 5.44. The van der Waals surface area contributed by atoms with E-state index in [1.807, 2.05) is 42.5 Å². The molecule has 2 aromatic carbocycles. The minimum Gasteiger partial charge on any atom is -0.355 e. The van der Waals surface area contributed by atoms with Gasteiger partial charge >= 0.3 is 0 Å². The molecule has 2 N–H and O–H groups in total. The quantitative estimate of drug-likeness (QED) is 0.802. The van der Waals surface area contributed by atoms with E-state index in [2.05, 4.69) is 15.6 Å². The molecular formula is C18H17BrFN3. The number of fused-ring (bicyclic) bond motifs is 2. The zero-order chi connectivity index (χ0) is 14.9. The van der Waals surface area contributed by atoms with Crippen molar-refractivity contribution in [1.82, 2.24) is 10.6 Å². The Bertz CT molecular complexity index is 786. The zero-order valence-corrected chi connectivity index (χ0v) is 14.1. The molecule has 0 fully saturated rings. The summed E-state index contributed by atoms with van der Waals surface area (Å²) in [6, 6.07) is 13.0. The summed E-state index contributed by atoms with van der Waals surface area (Å²) in [5.41, 5.74) is 3.71. The minimum atomic E-state index is -0.258. The highest BCUT2D eigenvalue weighted by molar-refractivity contribution is 8.93. The highest BCUT2D eigenvalue weighted by atomic mass is 79.9. The molecule has 0 saturated heterocycles. The molecule has 1 heterocycles. The van der Waals surface area contributed by atoms with E-state index in [0.29, 0.717) is 5.56 Å². The number of benzene rings is 2. The van der Waals surface area contributed by atoms with Crippen LogP contribution in [0.15, 0.2) is 47.5 Å². The molecule has 118 valence electrons. The van der Waals surface area contributed by atoms with Crippen molar-refractivity contribution in [2.24, 2.45) is 4.99 Å². The molecule has 0 spiro atoms. The van der Waals surface area contributed by atoms with Gasteiger partial charge in [0.1, 0.15) is 5.82 Å². The van der Waals surface area contributed by atoms with Gasteiger partial charge in [-0.15, -0.1) is 17.0 Å². The van der Waals surface area contributed by atoms with Crippen molar-refractivity contribution in [3.8, 4) is 0 Å². The fourth-order valence-electron chi connectivity index (χ4n) is 3.05. The van der Waals surface area contributed by atoms with E-state index in [9.17, 15) is 4.39 Å². The van der Waals surface area contributed by atoms with Gasteiger partial charge in [-0.3, -0.25) is 4.99 Å². The summed E-state index contributed by atoms with van der Waals surface area (Å²) in [5, 5.41) is 6.57. The molecule has 2 aliphatic rings. The van der Waals surface area contributed by atoms with E-state index in [1.54, 1.807) is 6.07 Å². The maximum Gasteiger partial charge on any atom is 0.192 e. The fourth-order valence-corrected chi connectivity index (χ4v) is 3.05. The van der Waals surface area contributed by atoms with Crippen molar-refractivity contribution in [2.45, 2.75) is 6.04 Å². The number of nitrogens with zero attached hydrogens (tertiary/aromatic N) is 1. The van der Waals surface area contributed by atoms with Gasteiger partial charge in [-0.1, -0.05) is 48.6 Å². The first kappa shape index (κ1) is 15.7. The third-order valence-corrected chi connectivity index (χ3v) is 4.08. The molecular weight excluding hydrogens is 357 g/mol. The van der Waals surface area contributed by atoms with Gasteiger partial charge in [-0.2, -0.15) is 0 Å². The molecule has 0 amide bonds. The topological polar surface area (TPSA) is 36.4 Å². The average Bonchev–Trinajstić information content (AvgIpc) is 2.99. The average molecular weight is 374 g/mol. The number of nitrogens with one attached hydrogen (secondary N) is 2. The first-order valence-electron chi connectivity index (χ1n) is 7.43. The predicted octanol–water partition coefficient (Wildman–Crippen LogP) is 3.53. The lowest BCUT2D eigenvalue weighted by Crippen LogP contribution is -2.37. The molecule has 0 saturated carbocycles. The number of hydrogen-bond donors (Lipinski definition) is 2. The Morgan fingerprint density at radius 2 is 1.83 bits per heavy atom. The molecule has 1 aliphatic heterocycles. The van der Waals surface area contributed by atoms with Crippen LogP contribution in [0.3, 0.4) is 0 Å². The normalized spacial score (nSPS) is 18.0. The molecule has 4 rings (SSSR count). The second kappa shape index (κ2) is 6.54. The van der Waals surface area contributed by atoms with E-state index < -0.39 is 0 Å². The van der Waals surface area contributed by atoms with E-state index in [-0.39, 0.29) is 28.8 Å². The summed E-state index contributed by atoms with van der Waals surface area (Å²) in [6.45, 7) is 1.57. The zero-order valence-electron chi connectivity index (χ0n) is 12.4. The molecule has 23 heavy (non-hydrogen) atoms. The summed E-state index contributed by atoms with van der Waals surface area (Å²) < 4.78 is 14.5. The van der Waals surface area contributed by atoms with E-state index >= 15 is 0 Å². The monoisotopic (exact) mass is 373 g/mol. The van der Waals surface area contributed by atoms with Gasteiger partial charge in [0, 0.05) is 12.1 Å². The van der Waals surface area contributed by atoms with Crippen LogP contribution in [0.2, 0.25) is 0 Å². The number of hydrogen-bond acceptors (Lipinski definition) is 3. The third-order valence-electron chi connectivity index (χ3n) is 4.08. The van der Waals surface area contributed by atoms with Crippen molar-refractivity contribution in [1.29, 1.82) is 0 Å². The Morgan fingerprint density at radius 3 is 2.65 bits per heavy atom. The maximum absolute atomic E-state index is 14.5. The summed E-state index contributed by atoms with van der Waals surface area (Å²) in [7, 11) is 0. The highest BCUT2D eigenvalue weighted by Gasteiger charge is 2.25. The molecule has 5 heteroatoms. The maximum atomic E-state index is 14.5. The van der Waals surface area contributed by atoms with Crippen LogP contribution >= 0.6 is 17.0 Å². The van der Waals surface area contributed by atoms with Crippen LogP contribution in [-0.2, 0) is 0 Å². The van der Waals surface area contributed by atoms with Crippen molar-refractivity contribution in [3.05, 3.63) is 70.5 Å². The van der Waals surface area contributed by atoms with E-state index in [0.717, 1.165) is 35.7 Å². The van der Waals surface area contributed by atoms with Gasteiger partial charge in [-0.25, -0.2) is 4.39 Å². The summed E-state index contributed by atoms with van der Waals surface area (Å²) in [5.74, 6) is 0.533. The van der Waals surface area contributed by atoms with Crippen LogP contribution in [0.4, 0.5) is 4.39 Å². The second-order valence-corrected chi connectivity index (χ2v) is 5.44. The van der Waals surface area contributed by atoms with Crippen molar-refractivity contribution in [3.63, 3.8) is 0 Å². The van der Waals surface area contributed by atoms with Crippen LogP contribution in [0.25, 0.3) is 12.2 Å². The lowest BCUT2D eigenvalue weighted by atomic mass is 9.94. The van der Waals surface area contributed by atoms with Gasteiger partial charge in [0.05, 0.1) is 12.6 Å². The predicted molar refractivity (Wildman–Crippen MR) is 97.4 cm³/mol. The Kier molecular flexibility index (Phi) is 4.48. The third kappa shape index (κ3) is 2.88. The molecule has 1 unspecified atom stereocenters. The van der Waals surface area contributed by atoms with Crippen molar-refractivity contribution in [2.75, 3.05) is 13.1 Å². The van der Waals surface area contributed by atoms with Crippen LogP contribution in [-0.4, -0.2) is 19.0 Å². The molecule has 0 aromatic heterocycles.